The van der Waals surface area contributed by atoms with Crippen LogP contribution in [0.15, 0.2) is 0 Å². The first-order chi connectivity index (χ1) is 7.50. The Hall–Kier alpha value is -1.36. The molecule has 0 aliphatic rings. The van der Waals surface area contributed by atoms with E-state index in [0.29, 0.717) is 13.0 Å². The number of nitrogens with one attached hydrogen (secondary N) is 2. The van der Waals surface area contributed by atoms with Crippen molar-refractivity contribution in [3.8, 4) is 0 Å². The zero-order valence-corrected chi connectivity index (χ0v) is 10.4. The molecule has 1 heterocycles. The number of carbonyl (C=O) groups excluding carboxylic acids is 1. The maximum atomic E-state index is 11.6. The van der Waals surface area contributed by atoms with Crippen molar-refractivity contribution in [3.63, 3.8) is 0 Å². The van der Waals surface area contributed by atoms with E-state index in [1.165, 1.54) is 0 Å². The molecule has 1 rings (SSSR count). The maximum Gasteiger partial charge on any atom is 0.224 e. The molecule has 2 N–H and O–H groups in total. The number of carbonyl (C=O) groups is 1. The van der Waals surface area contributed by atoms with E-state index in [4.69, 9.17) is 0 Å². The Labute approximate surface area is 96.2 Å². The minimum Gasteiger partial charge on any atom is -0.355 e. The molecule has 0 spiro atoms. The first-order valence-electron chi connectivity index (χ1n) is 5.42. The zero-order chi connectivity index (χ0) is 12.1. The zero-order valence-electron chi connectivity index (χ0n) is 10.4. The normalized spacial score (nSPS) is 10.8. The van der Waals surface area contributed by atoms with Crippen LogP contribution in [0, 0.1) is 13.8 Å². The second kappa shape index (κ2) is 5.65. The van der Waals surface area contributed by atoms with E-state index >= 15 is 0 Å². The van der Waals surface area contributed by atoms with Crippen molar-refractivity contribution in [2.75, 3.05) is 27.2 Å². The summed E-state index contributed by atoms with van der Waals surface area (Å²) in [5.74, 6) is 0.0504. The van der Waals surface area contributed by atoms with Gasteiger partial charge in [0.25, 0.3) is 0 Å². The highest BCUT2D eigenvalue weighted by molar-refractivity contribution is 5.79. The van der Waals surface area contributed by atoms with Crippen LogP contribution in [0.1, 0.15) is 17.0 Å². The summed E-state index contributed by atoms with van der Waals surface area (Å²) in [5.41, 5.74) is 2.88. The minimum atomic E-state index is 0.0504. The standard InChI is InChI=1S/C11H20N4O/c1-8-10(9(2)14-13-8)7-11(16)12-5-6-15(3)4/h5-7H2,1-4H3,(H,12,16)(H,13,14). The van der Waals surface area contributed by atoms with Crippen molar-refractivity contribution < 1.29 is 4.79 Å². The minimum absolute atomic E-state index is 0.0504. The number of H-pyrrole nitrogens is 1. The monoisotopic (exact) mass is 224 g/mol. The quantitative estimate of drug-likeness (QED) is 0.753. The van der Waals surface area contributed by atoms with Gasteiger partial charge in [-0.3, -0.25) is 9.89 Å². The Balaban J connectivity index is 2.40. The van der Waals surface area contributed by atoms with Crippen molar-refractivity contribution >= 4 is 5.91 Å². The van der Waals surface area contributed by atoms with Crippen LogP contribution in [0.4, 0.5) is 0 Å². The molecular formula is C11H20N4O. The van der Waals surface area contributed by atoms with E-state index in [1.54, 1.807) is 0 Å². The molecule has 0 saturated carbocycles. The summed E-state index contributed by atoms with van der Waals surface area (Å²) in [6, 6.07) is 0. The fourth-order valence-corrected chi connectivity index (χ4v) is 1.48. The Morgan fingerprint density at radius 1 is 1.44 bits per heavy atom. The summed E-state index contributed by atoms with van der Waals surface area (Å²) < 4.78 is 0. The Bertz CT molecular complexity index is 337. The second-order valence-electron chi connectivity index (χ2n) is 4.24. The Morgan fingerprint density at radius 2 is 2.12 bits per heavy atom. The van der Waals surface area contributed by atoms with Gasteiger partial charge in [-0.1, -0.05) is 0 Å². The van der Waals surface area contributed by atoms with Gasteiger partial charge in [0.2, 0.25) is 5.91 Å². The van der Waals surface area contributed by atoms with Gasteiger partial charge in [-0.25, -0.2) is 0 Å². The number of hydrogen-bond donors (Lipinski definition) is 2. The van der Waals surface area contributed by atoms with Crippen molar-refractivity contribution in [1.82, 2.24) is 20.4 Å². The Morgan fingerprint density at radius 3 is 2.62 bits per heavy atom. The van der Waals surface area contributed by atoms with Gasteiger partial charge in [0.05, 0.1) is 12.1 Å². The summed E-state index contributed by atoms with van der Waals surface area (Å²) in [5, 5.41) is 9.83. The fourth-order valence-electron chi connectivity index (χ4n) is 1.48. The van der Waals surface area contributed by atoms with Gasteiger partial charge in [-0.15, -0.1) is 0 Å². The van der Waals surface area contributed by atoms with Crippen LogP contribution >= 0.6 is 0 Å². The predicted octanol–water partition coefficient (Wildman–Crippen LogP) is 0.247. The van der Waals surface area contributed by atoms with Gasteiger partial charge >= 0.3 is 0 Å². The summed E-state index contributed by atoms with van der Waals surface area (Å²) in [6.45, 7) is 5.38. The number of aromatic amines is 1. The topological polar surface area (TPSA) is 61.0 Å². The molecule has 5 nitrogen and oxygen atoms in total. The molecule has 5 heteroatoms. The third kappa shape index (κ3) is 3.66. The Kier molecular flexibility index (Phi) is 4.49. The smallest absolute Gasteiger partial charge is 0.224 e. The summed E-state index contributed by atoms with van der Waals surface area (Å²) in [6.07, 6.45) is 0.404. The first kappa shape index (κ1) is 12.7. The second-order valence-corrected chi connectivity index (χ2v) is 4.24. The predicted molar refractivity (Wildman–Crippen MR) is 63.3 cm³/mol. The largest absolute Gasteiger partial charge is 0.355 e. The van der Waals surface area contributed by atoms with Gasteiger partial charge in [-0.2, -0.15) is 5.10 Å². The highest BCUT2D eigenvalue weighted by atomic mass is 16.1. The molecule has 0 bridgehead atoms. The number of nitrogens with zero attached hydrogens (tertiary/aromatic N) is 2. The van der Waals surface area contributed by atoms with Gasteiger partial charge in [0.1, 0.15) is 0 Å². The summed E-state index contributed by atoms with van der Waals surface area (Å²) >= 11 is 0. The van der Waals surface area contributed by atoms with Gasteiger partial charge in [-0.05, 0) is 27.9 Å². The molecule has 16 heavy (non-hydrogen) atoms. The number of aryl methyl sites for hydroxylation is 2. The van der Waals surface area contributed by atoms with Crippen LogP contribution in [0.2, 0.25) is 0 Å². The van der Waals surface area contributed by atoms with E-state index in [-0.39, 0.29) is 5.91 Å². The molecule has 0 aliphatic heterocycles. The number of hydrogen-bond acceptors (Lipinski definition) is 3. The molecule has 1 amide bonds. The lowest BCUT2D eigenvalue weighted by molar-refractivity contribution is -0.120. The molecule has 0 unspecified atom stereocenters. The molecule has 0 saturated heterocycles. The molecule has 0 aliphatic carbocycles. The van der Waals surface area contributed by atoms with E-state index in [9.17, 15) is 4.79 Å². The van der Waals surface area contributed by atoms with Crippen LogP contribution in [-0.4, -0.2) is 48.2 Å². The first-order valence-corrected chi connectivity index (χ1v) is 5.42. The van der Waals surface area contributed by atoms with Crippen LogP contribution in [-0.2, 0) is 11.2 Å². The van der Waals surface area contributed by atoms with Crippen LogP contribution in [0.5, 0.6) is 0 Å². The van der Waals surface area contributed by atoms with Crippen LogP contribution < -0.4 is 5.32 Å². The average molecular weight is 224 g/mol. The lowest BCUT2D eigenvalue weighted by Gasteiger charge is -2.10. The van der Waals surface area contributed by atoms with E-state index in [0.717, 1.165) is 23.5 Å². The van der Waals surface area contributed by atoms with E-state index in [2.05, 4.69) is 15.5 Å². The molecule has 0 atom stereocenters. The maximum absolute atomic E-state index is 11.6. The number of amides is 1. The van der Waals surface area contributed by atoms with Crippen molar-refractivity contribution in [3.05, 3.63) is 17.0 Å². The number of rotatable bonds is 5. The highest BCUT2D eigenvalue weighted by Crippen LogP contribution is 2.09. The lowest BCUT2D eigenvalue weighted by atomic mass is 10.1. The average Bonchev–Trinajstić information content (AvgIpc) is 2.49. The van der Waals surface area contributed by atoms with Gasteiger partial charge < -0.3 is 10.2 Å². The van der Waals surface area contributed by atoms with Crippen LogP contribution in [0.3, 0.4) is 0 Å². The highest BCUT2D eigenvalue weighted by Gasteiger charge is 2.10. The SMILES string of the molecule is Cc1n[nH]c(C)c1CC(=O)NCCN(C)C. The summed E-state index contributed by atoms with van der Waals surface area (Å²) in [7, 11) is 3.97. The number of aromatic nitrogens is 2. The molecular weight excluding hydrogens is 204 g/mol. The van der Waals surface area contributed by atoms with Gasteiger partial charge in [0.15, 0.2) is 0 Å². The van der Waals surface area contributed by atoms with Crippen molar-refractivity contribution in [1.29, 1.82) is 0 Å². The summed E-state index contributed by atoms with van der Waals surface area (Å²) in [4.78, 5) is 13.7. The fraction of sp³-hybridized carbons (Fsp3) is 0.636. The molecule has 1 aromatic heterocycles. The molecule has 90 valence electrons. The molecule has 0 radical (unpaired) electrons. The third-order valence-electron chi connectivity index (χ3n) is 2.50. The van der Waals surface area contributed by atoms with Crippen LogP contribution in [0.25, 0.3) is 0 Å². The molecule has 1 aromatic rings. The van der Waals surface area contributed by atoms with Crippen molar-refractivity contribution in [2.24, 2.45) is 0 Å². The molecule has 0 fully saturated rings. The molecule has 0 aromatic carbocycles. The third-order valence-corrected chi connectivity index (χ3v) is 2.50. The number of likely N-dealkylation sites (N-methyl/N-ethyl adjacent to an activating group) is 1. The van der Waals surface area contributed by atoms with Gasteiger partial charge in [0, 0.05) is 24.3 Å². The lowest BCUT2D eigenvalue weighted by Crippen LogP contribution is -2.32. The van der Waals surface area contributed by atoms with E-state index in [1.807, 2.05) is 32.8 Å². The van der Waals surface area contributed by atoms with Crippen molar-refractivity contribution in [2.45, 2.75) is 20.3 Å². The van der Waals surface area contributed by atoms with E-state index < -0.39 is 0 Å².